The normalized spacial score (nSPS) is 10.6. The summed E-state index contributed by atoms with van der Waals surface area (Å²) in [7, 11) is 0. The van der Waals surface area contributed by atoms with Crippen molar-refractivity contribution in [3.63, 3.8) is 0 Å². The molecular formula is C18H21N5O. The molecule has 2 heterocycles. The lowest BCUT2D eigenvalue weighted by molar-refractivity contribution is 0.326. The molecule has 0 unspecified atom stereocenters. The standard InChI is InChI=1S/C18H21N5O/c1-4-24-18-10-17(20-12-21-18)19-11-15-7-5-6-8-16(15)23-14(3)9-13(2)22-23/h5-10,12H,4,11H2,1-3H3,(H,19,20,21). The van der Waals surface area contributed by atoms with Gasteiger partial charge >= 0.3 is 0 Å². The van der Waals surface area contributed by atoms with Crippen molar-refractivity contribution in [1.82, 2.24) is 19.7 Å². The number of para-hydroxylation sites is 1. The number of hydrogen-bond donors (Lipinski definition) is 1. The predicted molar refractivity (Wildman–Crippen MR) is 93.6 cm³/mol. The smallest absolute Gasteiger partial charge is 0.218 e. The molecule has 0 aliphatic rings. The second kappa shape index (κ2) is 7.12. The molecular weight excluding hydrogens is 302 g/mol. The highest BCUT2D eigenvalue weighted by Crippen LogP contribution is 2.19. The van der Waals surface area contributed by atoms with Gasteiger partial charge in [-0.3, -0.25) is 0 Å². The van der Waals surface area contributed by atoms with Crippen LogP contribution in [0.3, 0.4) is 0 Å². The fourth-order valence-corrected chi connectivity index (χ4v) is 2.59. The first-order valence-corrected chi connectivity index (χ1v) is 7.97. The van der Waals surface area contributed by atoms with Gasteiger partial charge in [0.1, 0.15) is 12.1 Å². The van der Waals surface area contributed by atoms with Gasteiger partial charge < -0.3 is 10.1 Å². The van der Waals surface area contributed by atoms with Crippen molar-refractivity contribution in [3.05, 3.63) is 59.7 Å². The summed E-state index contributed by atoms with van der Waals surface area (Å²) in [4.78, 5) is 8.31. The average molecular weight is 323 g/mol. The van der Waals surface area contributed by atoms with Crippen LogP contribution in [0.25, 0.3) is 5.69 Å². The van der Waals surface area contributed by atoms with E-state index in [-0.39, 0.29) is 0 Å². The second-order valence-corrected chi connectivity index (χ2v) is 5.50. The van der Waals surface area contributed by atoms with E-state index in [0.29, 0.717) is 19.0 Å². The molecule has 0 saturated heterocycles. The Morgan fingerprint density at radius 3 is 2.71 bits per heavy atom. The molecule has 0 saturated carbocycles. The van der Waals surface area contributed by atoms with E-state index in [1.807, 2.05) is 30.7 Å². The first-order chi connectivity index (χ1) is 11.7. The number of aromatic nitrogens is 4. The molecule has 24 heavy (non-hydrogen) atoms. The number of ether oxygens (including phenoxy) is 1. The molecule has 6 nitrogen and oxygen atoms in total. The highest BCUT2D eigenvalue weighted by Gasteiger charge is 2.09. The Hall–Kier alpha value is -2.89. The van der Waals surface area contributed by atoms with Gasteiger partial charge in [0.2, 0.25) is 5.88 Å². The number of anilines is 1. The van der Waals surface area contributed by atoms with Crippen molar-refractivity contribution in [2.75, 3.05) is 11.9 Å². The van der Waals surface area contributed by atoms with E-state index in [1.165, 1.54) is 6.33 Å². The minimum Gasteiger partial charge on any atom is -0.478 e. The van der Waals surface area contributed by atoms with E-state index < -0.39 is 0 Å². The van der Waals surface area contributed by atoms with Crippen LogP contribution in [0.1, 0.15) is 23.9 Å². The number of nitrogens with zero attached hydrogens (tertiary/aromatic N) is 4. The van der Waals surface area contributed by atoms with Crippen LogP contribution >= 0.6 is 0 Å². The predicted octanol–water partition coefficient (Wildman–Crippen LogP) is 3.29. The number of aryl methyl sites for hydroxylation is 2. The Balaban J connectivity index is 1.81. The first kappa shape index (κ1) is 16.0. The second-order valence-electron chi connectivity index (χ2n) is 5.50. The highest BCUT2D eigenvalue weighted by molar-refractivity contribution is 5.45. The summed E-state index contributed by atoms with van der Waals surface area (Å²) in [5.41, 5.74) is 4.32. The van der Waals surface area contributed by atoms with Crippen molar-refractivity contribution in [2.24, 2.45) is 0 Å². The fourth-order valence-electron chi connectivity index (χ4n) is 2.59. The topological polar surface area (TPSA) is 64.9 Å². The maximum atomic E-state index is 5.40. The van der Waals surface area contributed by atoms with Crippen molar-refractivity contribution >= 4 is 5.82 Å². The third-order valence-electron chi connectivity index (χ3n) is 3.62. The van der Waals surface area contributed by atoms with Crippen LogP contribution in [0.5, 0.6) is 5.88 Å². The summed E-state index contributed by atoms with van der Waals surface area (Å²) in [5, 5.41) is 7.90. The lowest BCUT2D eigenvalue weighted by Gasteiger charge is -2.12. The minimum absolute atomic E-state index is 0.571. The zero-order valence-electron chi connectivity index (χ0n) is 14.2. The largest absolute Gasteiger partial charge is 0.478 e. The van der Waals surface area contributed by atoms with Crippen molar-refractivity contribution in [3.8, 4) is 11.6 Å². The Morgan fingerprint density at radius 1 is 1.12 bits per heavy atom. The third kappa shape index (κ3) is 3.53. The van der Waals surface area contributed by atoms with Gasteiger partial charge in [0.25, 0.3) is 0 Å². The molecule has 1 aromatic carbocycles. The summed E-state index contributed by atoms with van der Waals surface area (Å²) < 4.78 is 7.38. The Morgan fingerprint density at radius 2 is 1.96 bits per heavy atom. The van der Waals surface area contributed by atoms with Crippen LogP contribution in [0.15, 0.2) is 42.7 Å². The van der Waals surface area contributed by atoms with Crippen molar-refractivity contribution in [1.29, 1.82) is 0 Å². The molecule has 3 aromatic rings. The average Bonchev–Trinajstić information content (AvgIpc) is 2.92. The Kier molecular flexibility index (Phi) is 4.74. The molecule has 0 spiro atoms. The van der Waals surface area contributed by atoms with E-state index in [9.17, 15) is 0 Å². The SMILES string of the molecule is CCOc1cc(NCc2ccccc2-n2nc(C)cc2C)ncn1. The first-order valence-electron chi connectivity index (χ1n) is 7.97. The molecule has 124 valence electrons. The van der Waals surface area contributed by atoms with Gasteiger partial charge in [-0.15, -0.1) is 0 Å². The summed E-state index contributed by atoms with van der Waals surface area (Å²) in [6, 6.07) is 12.1. The van der Waals surface area contributed by atoms with Crippen LogP contribution in [-0.4, -0.2) is 26.4 Å². The fraction of sp³-hybridized carbons (Fsp3) is 0.278. The Bertz CT molecular complexity index is 828. The van der Waals surface area contributed by atoms with Gasteiger partial charge in [0, 0.05) is 18.3 Å². The monoisotopic (exact) mass is 323 g/mol. The summed E-state index contributed by atoms with van der Waals surface area (Å²) in [5.74, 6) is 1.30. The molecule has 1 N–H and O–H groups in total. The van der Waals surface area contributed by atoms with E-state index in [1.54, 1.807) is 6.07 Å². The molecule has 0 radical (unpaired) electrons. The summed E-state index contributed by atoms with van der Waals surface area (Å²) in [6.45, 7) is 7.21. The van der Waals surface area contributed by atoms with Crippen LogP contribution in [-0.2, 0) is 6.54 Å². The van der Waals surface area contributed by atoms with Gasteiger partial charge in [-0.05, 0) is 38.5 Å². The van der Waals surface area contributed by atoms with Crippen LogP contribution in [0.4, 0.5) is 5.82 Å². The summed E-state index contributed by atoms with van der Waals surface area (Å²) in [6.07, 6.45) is 1.50. The number of hydrogen-bond acceptors (Lipinski definition) is 5. The molecule has 0 aliphatic carbocycles. The molecule has 0 fully saturated rings. The van der Waals surface area contributed by atoms with Crippen LogP contribution in [0, 0.1) is 13.8 Å². The van der Waals surface area contributed by atoms with E-state index in [2.05, 4.69) is 45.5 Å². The Labute approximate surface area is 141 Å². The van der Waals surface area contributed by atoms with E-state index in [4.69, 9.17) is 4.74 Å². The van der Waals surface area contributed by atoms with Gasteiger partial charge in [0.05, 0.1) is 18.0 Å². The van der Waals surface area contributed by atoms with Crippen molar-refractivity contribution < 1.29 is 4.74 Å². The zero-order chi connectivity index (χ0) is 16.9. The van der Waals surface area contributed by atoms with Gasteiger partial charge in [-0.2, -0.15) is 5.10 Å². The number of nitrogens with one attached hydrogen (secondary N) is 1. The maximum Gasteiger partial charge on any atom is 0.218 e. The van der Waals surface area contributed by atoms with E-state index in [0.717, 1.165) is 28.5 Å². The van der Waals surface area contributed by atoms with Crippen LogP contribution in [0.2, 0.25) is 0 Å². The lowest BCUT2D eigenvalue weighted by Crippen LogP contribution is -2.08. The molecule has 3 rings (SSSR count). The molecule has 2 aromatic heterocycles. The van der Waals surface area contributed by atoms with Gasteiger partial charge in [-0.1, -0.05) is 18.2 Å². The maximum absolute atomic E-state index is 5.40. The third-order valence-corrected chi connectivity index (χ3v) is 3.62. The highest BCUT2D eigenvalue weighted by atomic mass is 16.5. The molecule has 0 atom stereocenters. The molecule has 0 aliphatic heterocycles. The van der Waals surface area contributed by atoms with Gasteiger partial charge in [0.15, 0.2) is 0 Å². The molecule has 0 amide bonds. The summed E-state index contributed by atoms with van der Waals surface area (Å²) >= 11 is 0. The van der Waals surface area contributed by atoms with Crippen LogP contribution < -0.4 is 10.1 Å². The molecule has 6 heteroatoms. The minimum atomic E-state index is 0.571. The quantitative estimate of drug-likeness (QED) is 0.754. The number of rotatable bonds is 6. The molecule has 0 bridgehead atoms. The van der Waals surface area contributed by atoms with Gasteiger partial charge in [-0.25, -0.2) is 14.6 Å². The zero-order valence-corrected chi connectivity index (χ0v) is 14.2. The van der Waals surface area contributed by atoms with E-state index >= 15 is 0 Å². The number of benzene rings is 1. The van der Waals surface area contributed by atoms with Crippen molar-refractivity contribution in [2.45, 2.75) is 27.3 Å². The lowest BCUT2D eigenvalue weighted by atomic mass is 10.1.